The topological polar surface area (TPSA) is 178 Å². The smallest absolute Gasteiger partial charge is 0.407 e. The zero-order valence-electron chi connectivity index (χ0n) is 38.0. The quantitative estimate of drug-likeness (QED) is 0.0580. The highest BCUT2D eigenvalue weighted by molar-refractivity contribution is 5.92. The third-order valence-corrected chi connectivity index (χ3v) is 11.4. The highest BCUT2D eigenvalue weighted by Crippen LogP contribution is 2.29. The molecule has 1 aliphatic rings. The fourth-order valence-electron chi connectivity index (χ4n) is 7.89. The lowest BCUT2D eigenvalue weighted by atomic mass is 9.92. The highest BCUT2D eigenvalue weighted by atomic mass is 16.6. The van der Waals surface area contributed by atoms with Crippen molar-refractivity contribution < 1.29 is 28.7 Å². The van der Waals surface area contributed by atoms with Crippen LogP contribution in [0.3, 0.4) is 0 Å². The van der Waals surface area contributed by atoms with Gasteiger partial charge in [0.25, 0.3) is 0 Å². The maximum absolute atomic E-state index is 13.5. The van der Waals surface area contributed by atoms with E-state index in [4.69, 9.17) is 19.4 Å². The molecule has 0 spiro atoms. The summed E-state index contributed by atoms with van der Waals surface area (Å²) in [6.45, 7) is 14.4. The Kier molecular flexibility index (Phi) is 15.8. The molecule has 0 saturated carbocycles. The number of alkyl carbamates (subject to hydrolysis) is 1. The van der Waals surface area contributed by atoms with Crippen LogP contribution in [0, 0.1) is 5.92 Å². The molecule has 4 N–H and O–H groups in total. The molecule has 15 nitrogen and oxygen atoms in total. The van der Waals surface area contributed by atoms with E-state index in [2.05, 4.69) is 61.7 Å². The summed E-state index contributed by atoms with van der Waals surface area (Å²) >= 11 is 0. The Morgan fingerprint density at radius 3 is 2.24 bits per heavy atom. The third kappa shape index (κ3) is 12.8. The highest BCUT2D eigenvalue weighted by Gasteiger charge is 2.29. The monoisotopic (exact) mass is 864 g/mol. The molecule has 3 heterocycles. The van der Waals surface area contributed by atoms with E-state index < -0.39 is 23.7 Å². The predicted molar refractivity (Wildman–Crippen MR) is 248 cm³/mol. The number of amides is 3. The van der Waals surface area contributed by atoms with E-state index >= 15 is 0 Å². The average Bonchev–Trinajstić information content (AvgIpc) is 3.90. The van der Waals surface area contributed by atoms with Crippen LogP contribution in [0.15, 0.2) is 60.7 Å². The van der Waals surface area contributed by atoms with E-state index in [-0.39, 0.29) is 30.4 Å². The normalized spacial score (nSPS) is 14.4. The molecule has 1 saturated heterocycles. The largest absolute Gasteiger partial charge is 0.494 e. The lowest BCUT2D eigenvalue weighted by Crippen LogP contribution is -2.45. The lowest BCUT2D eigenvalue weighted by molar-refractivity contribution is -0.140. The van der Waals surface area contributed by atoms with Gasteiger partial charge in [-0.1, -0.05) is 25.5 Å². The Morgan fingerprint density at radius 1 is 0.873 bits per heavy atom. The molecule has 0 bridgehead atoms. The molecule has 1 fully saturated rings. The van der Waals surface area contributed by atoms with E-state index in [9.17, 15) is 19.2 Å². The van der Waals surface area contributed by atoms with Gasteiger partial charge in [-0.05, 0) is 109 Å². The van der Waals surface area contributed by atoms with Crippen molar-refractivity contribution in [3.8, 4) is 28.5 Å². The molecule has 63 heavy (non-hydrogen) atoms. The number of likely N-dealkylation sites (N-methyl/N-ethyl adjacent to an activating group) is 1. The number of anilines is 1. The second-order valence-electron chi connectivity index (χ2n) is 17.5. The van der Waals surface area contributed by atoms with Crippen molar-refractivity contribution in [2.75, 3.05) is 64.9 Å². The van der Waals surface area contributed by atoms with Crippen molar-refractivity contribution in [2.45, 2.75) is 91.2 Å². The first-order chi connectivity index (χ1) is 30.2. The number of imidazole rings is 2. The molecule has 6 rings (SSSR count). The summed E-state index contributed by atoms with van der Waals surface area (Å²) in [7, 11) is 3.72. The summed E-state index contributed by atoms with van der Waals surface area (Å²) in [4.78, 5) is 74.9. The summed E-state index contributed by atoms with van der Waals surface area (Å²) in [6, 6.07) is 19.6. The van der Waals surface area contributed by atoms with Gasteiger partial charge in [0.1, 0.15) is 23.0 Å². The molecule has 3 amide bonds. The van der Waals surface area contributed by atoms with E-state index in [1.807, 2.05) is 43.3 Å². The van der Waals surface area contributed by atoms with Crippen LogP contribution in [-0.4, -0.2) is 125 Å². The number of piperazine rings is 1. The number of ether oxygens (including phenoxy) is 2. The van der Waals surface area contributed by atoms with Gasteiger partial charge in [0, 0.05) is 81.9 Å². The zero-order valence-corrected chi connectivity index (χ0v) is 38.0. The lowest BCUT2D eigenvalue weighted by Gasteiger charge is -2.34. The Morgan fingerprint density at radius 2 is 1.56 bits per heavy atom. The molecule has 1 aliphatic heterocycles. The van der Waals surface area contributed by atoms with Crippen LogP contribution in [-0.2, 0) is 19.1 Å². The van der Waals surface area contributed by atoms with Crippen LogP contribution in [0.4, 0.5) is 10.5 Å². The van der Waals surface area contributed by atoms with Gasteiger partial charge in [0.15, 0.2) is 5.78 Å². The first-order valence-corrected chi connectivity index (χ1v) is 22.4. The van der Waals surface area contributed by atoms with Crippen LogP contribution in [0.2, 0.25) is 0 Å². The van der Waals surface area contributed by atoms with Gasteiger partial charge in [0.2, 0.25) is 11.8 Å². The number of benzene rings is 3. The number of carbonyl (C=O) groups is 4. The van der Waals surface area contributed by atoms with Crippen LogP contribution in [0.1, 0.15) is 79.6 Å². The van der Waals surface area contributed by atoms with E-state index in [0.29, 0.717) is 63.4 Å². The molecule has 2 aromatic heterocycles. The summed E-state index contributed by atoms with van der Waals surface area (Å²) in [6.07, 6.45) is 2.67. The third-order valence-electron chi connectivity index (χ3n) is 11.4. The second-order valence-corrected chi connectivity index (χ2v) is 17.5. The van der Waals surface area contributed by atoms with Crippen molar-refractivity contribution in [1.82, 2.24) is 40.4 Å². The maximum atomic E-state index is 13.5. The Balaban J connectivity index is 0.992. The van der Waals surface area contributed by atoms with Crippen LogP contribution in [0.5, 0.6) is 5.75 Å². The van der Waals surface area contributed by atoms with Gasteiger partial charge in [-0.25, -0.2) is 14.8 Å². The number of nitrogens with zero attached hydrogens (tertiary/aromatic N) is 5. The number of hydrogen-bond acceptors (Lipinski definition) is 10. The number of nitrogens with one attached hydrogen (secondary N) is 4. The predicted octanol–water partition coefficient (Wildman–Crippen LogP) is 7.33. The van der Waals surface area contributed by atoms with Crippen molar-refractivity contribution in [3.05, 3.63) is 60.7 Å². The van der Waals surface area contributed by atoms with Crippen LogP contribution >= 0.6 is 0 Å². The van der Waals surface area contributed by atoms with Crippen molar-refractivity contribution >= 4 is 51.4 Å². The molecule has 5 aromatic rings. The molecule has 0 radical (unpaired) electrons. The second kappa shape index (κ2) is 21.4. The van der Waals surface area contributed by atoms with Gasteiger partial charge < -0.3 is 44.8 Å². The van der Waals surface area contributed by atoms with E-state index in [1.165, 1.54) is 5.69 Å². The summed E-state index contributed by atoms with van der Waals surface area (Å²) < 4.78 is 11.4. The number of aromatic amines is 2. The minimum atomic E-state index is -0.671. The van der Waals surface area contributed by atoms with Gasteiger partial charge in [-0.15, -0.1) is 0 Å². The first-order valence-electron chi connectivity index (χ1n) is 22.4. The van der Waals surface area contributed by atoms with Gasteiger partial charge in [-0.2, -0.15) is 0 Å². The fourth-order valence-corrected chi connectivity index (χ4v) is 7.89. The first kappa shape index (κ1) is 46.5. The summed E-state index contributed by atoms with van der Waals surface area (Å²) in [5.41, 5.74) is 6.12. The molecule has 3 aromatic carbocycles. The summed E-state index contributed by atoms with van der Waals surface area (Å²) in [5.74, 6) is 1.15. The number of unbranched alkanes of at least 4 members (excludes halogenated alkanes) is 1. The minimum Gasteiger partial charge on any atom is -0.494 e. The van der Waals surface area contributed by atoms with E-state index in [0.717, 1.165) is 65.2 Å². The fraction of sp³-hybridized carbons (Fsp3) is 0.500. The maximum Gasteiger partial charge on any atom is 0.407 e. The van der Waals surface area contributed by atoms with Gasteiger partial charge in [-0.3, -0.25) is 14.4 Å². The molecule has 0 unspecified atom stereocenters. The zero-order chi connectivity index (χ0) is 45.1. The number of hydrogen-bond donors (Lipinski definition) is 4. The minimum absolute atomic E-state index is 0.0271. The Labute approximate surface area is 370 Å². The standard InChI is InChI=1S/C48H65N9O6/c1-8-22-57(32(2)42(58)30-35(46(60)49-6)13-9-10-21-50-47(61)63-48(3,4)5)43(59)16-12-27-62-37-15-11-14-33(28-37)44-51-38-19-17-34(29-40(38)53-44)45-52-39-20-18-36(31-41(39)54-45)56-25-23-55(7)24-26-56/h11,14-15,17-20,28-29,31-32,35H,8-10,12-13,16,21-27,30H2,1-7H3,(H,49,60)(H,50,61)(H,51,53)(H,52,54)/t32-,35-/m0/s1. The number of H-pyrrole nitrogens is 2. The molecular weight excluding hydrogens is 799 g/mol. The molecule has 338 valence electrons. The number of ketones is 1. The SMILES string of the molecule is CCCN(C(=O)CCCOc1cccc(-c2nc3ccc(-c4nc5ccc(N6CCN(C)CC6)cc5[nH]4)cc3[nH]2)c1)[C@@H](C)C(=O)C[C@H](CCCCNC(=O)OC(C)(C)C)C(=O)NC. The van der Waals surface area contributed by atoms with Crippen LogP contribution < -0.4 is 20.3 Å². The number of aromatic nitrogens is 4. The van der Waals surface area contributed by atoms with Crippen LogP contribution in [0.25, 0.3) is 44.8 Å². The number of carbonyl (C=O) groups excluding carboxylic acids is 4. The average molecular weight is 864 g/mol. The molecule has 2 atom stereocenters. The van der Waals surface area contributed by atoms with Crippen molar-refractivity contribution in [1.29, 1.82) is 0 Å². The Bertz CT molecular complexity index is 2340. The van der Waals surface area contributed by atoms with Crippen molar-refractivity contribution in [3.63, 3.8) is 0 Å². The summed E-state index contributed by atoms with van der Waals surface area (Å²) in [5, 5.41) is 5.40. The number of rotatable bonds is 20. The van der Waals surface area contributed by atoms with Gasteiger partial charge >= 0.3 is 6.09 Å². The molecular formula is C48H65N9O6. The molecule has 15 heteroatoms. The molecule has 0 aliphatic carbocycles. The number of Topliss-reactive ketones (excluding diaryl/α,β-unsaturated/α-hetero) is 1. The Hall–Kier alpha value is -5.96. The van der Waals surface area contributed by atoms with Gasteiger partial charge in [0.05, 0.1) is 34.7 Å². The number of fused-ring (bicyclic) bond motifs is 2. The van der Waals surface area contributed by atoms with Crippen molar-refractivity contribution in [2.24, 2.45) is 5.92 Å². The van der Waals surface area contributed by atoms with E-state index in [1.54, 1.807) is 39.6 Å².